The smallest absolute Gasteiger partial charge is 0.272 e. The Hall–Kier alpha value is -1.78. The minimum Gasteiger partial charge on any atom is -0.272 e. The highest BCUT2D eigenvalue weighted by molar-refractivity contribution is 7.94. The maximum Gasteiger partial charge on any atom is 0.296 e. The average molecular weight is 338 g/mol. The third kappa shape index (κ3) is 3.03. The first-order valence-electron chi connectivity index (χ1n) is 4.88. The summed E-state index contributed by atoms with van der Waals surface area (Å²) < 4.78 is 38.7. The van der Waals surface area contributed by atoms with E-state index in [0.717, 1.165) is 18.3 Å². The van der Waals surface area contributed by atoms with Crippen LogP contribution in [-0.4, -0.2) is 18.3 Å². The van der Waals surface area contributed by atoms with Crippen molar-refractivity contribution in [1.82, 2.24) is 4.98 Å². The second-order valence-corrected chi connectivity index (χ2v) is 6.98. The molecule has 0 saturated heterocycles. The Balaban J connectivity index is 2.42. The van der Waals surface area contributed by atoms with E-state index in [2.05, 4.69) is 4.98 Å². The summed E-state index contributed by atoms with van der Waals surface area (Å²) in [6.45, 7) is 0. The van der Waals surface area contributed by atoms with Gasteiger partial charge in [-0.15, -0.1) is 0 Å². The van der Waals surface area contributed by atoms with Gasteiger partial charge in [-0.25, -0.2) is 17.8 Å². The van der Waals surface area contributed by atoms with Gasteiger partial charge in [-0.1, -0.05) is 22.9 Å². The number of nitrogens with zero attached hydrogens (tertiary/aromatic N) is 2. The van der Waals surface area contributed by atoms with Gasteiger partial charge >= 0.3 is 0 Å². The number of thiazole rings is 1. The molecule has 0 amide bonds. The normalized spacial score (nSPS) is 11.3. The lowest BCUT2D eigenvalue weighted by Crippen LogP contribution is -2.12. The van der Waals surface area contributed by atoms with Crippen LogP contribution in [0, 0.1) is 15.9 Å². The Morgan fingerprint density at radius 2 is 2.15 bits per heavy atom. The first-order valence-corrected chi connectivity index (χ1v) is 7.55. The van der Waals surface area contributed by atoms with Crippen molar-refractivity contribution >= 4 is 44.3 Å². The van der Waals surface area contributed by atoms with Crippen molar-refractivity contribution in [3.63, 3.8) is 0 Å². The molecule has 0 spiro atoms. The lowest BCUT2D eigenvalue weighted by molar-refractivity contribution is -0.384. The zero-order valence-electron chi connectivity index (χ0n) is 9.41. The molecule has 1 aromatic carbocycles. The number of aromatic nitrogens is 1. The van der Waals surface area contributed by atoms with Gasteiger partial charge in [0.15, 0.2) is 8.68 Å². The lowest BCUT2D eigenvalue weighted by Gasteiger charge is -2.06. The summed E-state index contributed by atoms with van der Waals surface area (Å²) in [4.78, 5) is 13.5. The number of rotatable bonds is 4. The molecule has 1 aromatic heterocycles. The second kappa shape index (κ2) is 5.31. The van der Waals surface area contributed by atoms with Gasteiger partial charge in [-0.3, -0.25) is 14.8 Å². The van der Waals surface area contributed by atoms with Crippen molar-refractivity contribution in [3.05, 3.63) is 44.8 Å². The van der Waals surface area contributed by atoms with E-state index >= 15 is 0 Å². The molecular weight excluding hydrogens is 333 g/mol. The van der Waals surface area contributed by atoms with Crippen LogP contribution in [0.25, 0.3) is 0 Å². The van der Waals surface area contributed by atoms with Crippen LogP contribution in [-0.2, 0) is 10.0 Å². The molecule has 0 unspecified atom stereocenters. The summed E-state index contributed by atoms with van der Waals surface area (Å²) in [6, 6.07) is 2.50. The van der Waals surface area contributed by atoms with Crippen LogP contribution in [0.4, 0.5) is 15.8 Å². The Labute approximate surface area is 121 Å². The summed E-state index contributed by atoms with van der Waals surface area (Å²) in [7, 11) is -4.07. The molecule has 0 radical (unpaired) electrons. The van der Waals surface area contributed by atoms with Gasteiger partial charge in [-0.05, 0) is 12.1 Å². The summed E-state index contributed by atoms with van der Waals surface area (Å²) in [5, 5.41) is 10.8. The molecule has 2 aromatic rings. The molecule has 106 valence electrons. The third-order valence-corrected chi connectivity index (χ3v) is 5.06. The quantitative estimate of drug-likeness (QED) is 0.682. The molecule has 2 rings (SSSR count). The van der Waals surface area contributed by atoms with Gasteiger partial charge in [0.25, 0.3) is 15.7 Å². The fourth-order valence-electron chi connectivity index (χ4n) is 1.30. The van der Waals surface area contributed by atoms with Crippen molar-refractivity contribution in [1.29, 1.82) is 0 Å². The zero-order valence-corrected chi connectivity index (χ0v) is 11.8. The molecule has 0 fully saturated rings. The van der Waals surface area contributed by atoms with E-state index in [-0.39, 0.29) is 14.4 Å². The fraction of sp³-hybridized carbons (Fsp3) is 0. The van der Waals surface area contributed by atoms with Crippen LogP contribution in [0.5, 0.6) is 0 Å². The first kappa shape index (κ1) is 14.6. The second-order valence-electron chi connectivity index (χ2n) is 3.46. The number of anilines is 1. The molecule has 1 N–H and O–H groups in total. The molecule has 20 heavy (non-hydrogen) atoms. The molecule has 0 saturated carbocycles. The highest BCUT2D eigenvalue weighted by atomic mass is 35.5. The molecule has 1 heterocycles. The minimum absolute atomic E-state index is 0.0129. The number of benzene rings is 1. The predicted molar refractivity (Wildman–Crippen MR) is 71.0 cm³/mol. The van der Waals surface area contributed by atoms with Gasteiger partial charge < -0.3 is 0 Å². The minimum atomic E-state index is -4.07. The monoisotopic (exact) mass is 337 g/mol. The predicted octanol–water partition coefficient (Wildman–Crippen LogP) is 2.64. The Morgan fingerprint density at radius 3 is 2.70 bits per heavy atom. The maximum absolute atomic E-state index is 13.0. The van der Waals surface area contributed by atoms with E-state index in [0.29, 0.717) is 17.4 Å². The van der Waals surface area contributed by atoms with Crippen molar-refractivity contribution in [3.8, 4) is 0 Å². The standard InChI is InChI=1S/C9H5ClFN3O4S2/c10-9-12-4-8(19-9)20(17,18)13-6-2-1-5(11)3-7(6)14(15)16/h1-4,13H. The van der Waals surface area contributed by atoms with Gasteiger partial charge in [0.2, 0.25) is 0 Å². The molecule has 0 aliphatic rings. The van der Waals surface area contributed by atoms with Gasteiger partial charge in [0.05, 0.1) is 17.2 Å². The molecular formula is C9H5ClFN3O4S2. The number of hydrogen-bond acceptors (Lipinski definition) is 6. The Morgan fingerprint density at radius 1 is 1.45 bits per heavy atom. The largest absolute Gasteiger partial charge is 0.296 e. The number of sulfonamides is 1. The van der Waals surface area contributed by atoms with Crippen LogP contribution in [0.3, 0.4) is 0 Å². The summed E-state index contributed by atoms with van der Waals surface area (Å²) >= 11 is 6.22. The number of hydrogen-bond donors (Lipinski definition) is 1. The molecule has 0 bridgehead atoms. The van der Waals surface area contributed by atoms with Crippen molar-refractivity contribution in [2.75, 3.05) is 4.72 Å². The topological polar surface area (TPSA) is 102 Å². The number of halogens is 2. The van der Waals surface area contributed by atoms with Crippen molar-refractivity contribution in [2.24, 2.45) is 0 Å². The van der Waals surface area contributed by atoms with E-state index in [4.69, 9.17) is 11.6 Å². The summed E-state index contributed by atoms with van der Waals surface area (Å²) in [5.41, 5.74) is -1.04. The van der Waals surface area contributed by atoms with E-state index in [1.54, 1.807) is 0 Å². The fourth-order valence-corrected chi connectivity index (χ4v) is 3.67. The number of nitro groups is 1. The van der Waals surface area contributed by atoms with Crippen LogP contribution < -0.4 is 4.72 Å². The molecule has 0 atom stereocenters. The number of nitrogens with one attached hydrogen (secondary N) is 1. The summed E-state index contributed by atoms with van der Waals surface area (Å²) in [6.07, 6.45) is 1.02. The highest BCUT2D eigenvalue weighted by Crippen LogP contribution is 2.29. The SMILES string of the molecule is O=[N+]([O-])c1cc(F)ccc1NS(=O)(=O)c1cnc(Cl)s1. The van der Waals surface area contributed by atoms with Gasteiger partial charge in [-0.2, -0.15) is 0 Å². The van der Waals surface area contributed by atoms with E-state index in [9.17, 15) is 22.9 Å². The van der Waals surface area contributed by atoms with Crippen LogP contribution in [0.2, 0.25) is 4.47 Å². The maximum atomic E-state index is 13.0. The molecule has 11 heteroatoms. The lowest BCUT2D eigenvalue weighted by atomic mass is 10.3. The van der Waals surface area contributed by atoms with Crippen LogP contribution in [0.15, 0.2) is 28.6 Å². The highest BCUT2D eigenvalue weighted by Gasteiger charge is 2.23. The van der Waals surface area contributed by atoms with E-state index in [1.807, 2.05) is 4.72 Å². The summed E-state index contributed by atoms with van der Waals surface area (Å²) in [5.74, 6) is -0.847. The van der Waals surface area contributed by atoms with Crippen LogP contribution in [0.1, 0.15) is 0 Å². The van der Waals surface area contributed by atoms with E-state index < -0.39 is 26.5 Å². The van der Waals surface area contributed by atoms with Gasteiger partial charge in [0, 0.05) is 0 Å². The zero-order chi connectivity index (χ0) is 14.9. The van der Waals surface area contributed by atoms with Gasteiger partial charge in [0.1, 0.15) is 11.5 Å². The molecule has 0 aliphatic heterocycles. The Bertz CT molecular complexity index is 777. The molecule has 7 nitrogen and oxygen atoms in total. The average Bonchev–Trinajstić information content (AvgIpc) is 2.78. The Kier molecular flexibility index (Phi) is 3.88. The number of nitro benzene ring substituents is 1. The van der Waals surface area contributed by atoms with E-state index in [1.165, 1.54) is 0 Å². The molecule has 0 aliphatic carbocycles. The third-order valence-electron chi connectivity index (χ3n) is 2.12. The van der Waals surface area contributed by atoms with Crippen LogP contribution >= 0.6 is 22.9 Å². The first-order chi connectivity index (χ1) is 9.29. The van der Waals surface area contributed by atoms with Crippen molar-refractivity contribution < 1.29 is 17.7 Å². The van der Waals surface area contributed by atoms with Crippen molar-refractivity contribution in [2.45, 2.75) is 4.21 Å².